The first kappa shape index (κ1) is 18.7. The Morgan fingerprint density at radius 2 is 1.21 bits per heavy atom. The van der Waals surface area contributed by atoms with Crippen molar-refractivity contribution in [1.82, 2.24) is 9.97 Å². The Labute approximate surface area is 171 Å². The average Bonchev–Trinajstić information content (AvgIpc) is 2.79. The van der Waals surface area contributed by atoms with Gasteiger partial charge in [-0.15, -0.1) is 0 Å². The van der Waals surface area contributed by atoms with Crippen LogP contribution in [0.1, 0.15) is 0 Å². The molecular weight excluding hydrogens is 358 g/mol. The molecule has 4 aromatic rings. The molecule has 0 atom stereocenters. The van der Waals surface area contributed by atoms with Crippen LogP contribution in [0.15, 0.2) is 84.9 Å². The van der Waals surface area contributed by atoms with Gasteiger partial charge in [0.15, 0.2) is 5.82 Å². The van der Waals surface area contributed by atoms with Crippen molar-refractivity contribution in [1.29, 1.82) is 0 Å². The maximum absolute atomic E-state index is 5.28. The van der Waals surface area contributed by atoms with Crippen LogP contribution in [-0.4, -0.2) is 31.2 Å². The monoisotopic (exact) mass is 381 g/mol. The van der Waals surface area contributed by atoms with Gasteiger partial charge in [-0.25, -0.2) is 9.97 Å². The molecule has 144 valence electrons. The minimum atomic E-state index is 0.714. The summed E-state index contributed by atoms with van der Waals surface area (Å²) in [5, 5.41) is 0. The van der Waals surface area contributed by atoms with E-state index in [0.717, 1.165) is 39.5 Å². The fraction of sp³-hybridized carbons (Fsp3) is 0.120. The van der Waals surface area contributed by atoms with Gasteiger partial charge in [-0.2, -0.15) is 0 Å². The van der Waals surface area contributed by atoms with E-state index in [1.807, 2.05) is 74.8 Å². The van der Waals surface area contributed by atoms with Gasteiger partial charge in [-0.1, -0.05) is 42.5 Å². The second-order valence-electron chi connectivity index (χ2n) is 7.00. The fourth-order valence-electron chi connectivity index (χ4n) is 3.15. The maximum Gasteiger partial charge on any atom is 0.160 e. The Kier molecular flexibility index (Phi) is 5.25. The summed E-state index contributed by atoms with van der Waals surface area (Å²) >= 11 is 0. The van der Waals surface area contributed by atoms with E-state index in [0.29, 0.717) is 5.82 Å². The van der Waals surface area contributed by atoms with Crippen LogP contribution < -0.4 is 9.64 Å². The SMILES string of the molecule is COc1ccc(-c2cc(-c3ccc(N(C)C)cc3)nc(-c3ccccc3)n2)cc1. The molecule has 1 aromatic heterocycles. The molecule has 0 aliphatic rings. The van der Waals surface area contributed by atoms with E-state index >= 15 is 0 Å². The van der Waals surface area contributed by atoms with Crippen molar-refractivity contribution in [3.8, 4) is 39.7 Å². The van der Waals surface area contributed by atoms with Gasteiger partial charge in [0.2, 0.25) is 0 Å². The number of ether oxygens (including phenoxy) is 1. The van der Waals surface area contributed by atoms with Crippen molar-refractivity contribution in [3.63, 3.8) is 0 Å². The standard InChI is InChI=1S/C25H23N3O/c1-28(2)21-13-9-18(10-14-21)23-17-24(19-11-15-22(29-3)16-12-19)27-25(26-23)20-7-5-4-6-8-20/h4-17H,1-3H3. The molecule has 0 bridgehead atoms. The van der Waals surface area contributed by atoms with E-state index in [9.17, 15) is 0 Å². The van der Waals surface area contributed by atoms with Gasteiger partial charge in [0.1, 0.15) is 5.75 Å². The minimum Gasteiger partial charge on any atom is -0.497 e. The molecule has 0 fully saturated rings. The first-order valence-electron chi connectivity index (χ1n) is 9.51. The molecule has 3 aromatic carbocycles. The van der Waals surface area contributed by atoms with Gasteiger partial charge in [0, 0.05) is 36.5 Å². The molecule has 0 radical (unpaired) electrons. The quantitative estimate of drug-likeness (QED) is 0.454. The molecule has 4 heteroatoms. The molecule has 0 saturated carbocycles. The van der Waals surface area contributed by atoms with E-state index in [1.54, 1.807) is 7.11 Å². The van der Waals surface area contributed by atoms with Gasteiger partial charge in [-0.3, -0.25) is 0 Å². The molecule has 4 nitrogen and oxygen atoms in total. The summed E-state index contributed by atoms with van der Waals surface area (Å²) in [6, 6.07) is 28.5. The maximum atomic E-state index is 5.28. The summed E-state index contributed by atoms with van der Waals surface area (Å²) in [6.45, 7) is 0. The van der Waals surface area contributed by atoms with Gasteiger partial charge >= 0.3 is 0 Å². The van der Waals surface area contributed by atoms with Gasteiger partial charge in [0.05, 0.1) is 18.5 Å². The predicted octanol–water partition coefficient (Wildman–Crippen LogP) is 5.55. The Hall–Kier alpha value is -3.66. The highest BCUT2D eigenvalue weighted by molar-refractivity contribution is 5.72. The highest BCUT2D eigenvalue weighted by Gasteiger charge is 2.11. The Morgan fingerprint density at radius 1 is 0.655 bits per heavy atom. The summed E-state index contributed by atoms with van der Waals surface area (Å²) in [4.78, 5) is 11.8. The zero-order valence-corrected chi connectivity index (χ0v) is 16.8. The Morgan fingerprint density at radius 3 is 1.72 bits per heavy atom. The number of hydrogen-bond acceptors (Lipinski definition) is 4. The fourth-order valence-corrected chi connectivity index (χ4v) is 3.15. The van der Waals surface area contributed by atoms with Gasteiger partial charge in [-0.05, 0) is 42.5 Å². The third-order valence-electron chi connectivity index (χ3n) is 4.82. The first-order valence-corrected chi connectivity index (χ1v) is 9.51. The number of anilines is 1. The molecule has 29 heavy (non-hydrogen) atoms. The molecule has 4 rings (SSSR count). The molecule has 0 aliphatic carbocycles. The van der Waals surface area contributed by atoms with Crippen LogP contribution in [-0.2, 0) is 0 Å². The number of benzene rings is 3. The minimum absolute atomic E-state index is 0.714. The van der Waals surface area contributed by atoms with Crippen molar-refractivity contribution in [2.24, 2.45) is 0 Å². The van der Waals surface area contributed by atoms with Crippen molar-refractivity contribution >= 4 is 5.69 Å². The number of aromatic nitrogens is 2. The number of nitrogens with zero attached hydrogens (tertiary/aromatic N) is 3. The molecule has 0 spiro atoms. The second-order valence-corrected chi connectivity index (χ2v) is 7.00. The summed E-state index contributed by atoms with van der Waals surface area (Å²) < 4.78 is 5.28. The zero-order chi connectivity index (χ0) is 20.2. The van der Waals surface area contributed by atoms with Gasteiger partial charge < -0.3 is 9.64 Å². The third-order valence-corrected chi connectivity index (χ3v) is 4.82. The lowest BCUT2D eigenvalue weighted by Crippen LogP contribution is -2.08. The van der Waals surface area contributed by atoms with Crippen molar-refractivity contribution in [2.75, 3.05) is 26.1 Å². The van der Waals surface area contributed by atoms with Crippen LogP contribution in [0, 0.1) is 0 Å². The van der Waals surface area contributed by atoms with Crippen LogP contribution >= 0.6 is 0 Å². The van der Waals surface area contributed by atoms with E-state index < -0.39 is 0 Å². The molecule has 0 aliphatic heterocycles. The highest BCUT2D eigenvalue weighted by Crippen LogP contribution is 2.29. The van der Waals surface area contributed by atoms with Crippen molar-refractivity contribution < 1.29 is 4.74 Å². The molecule has 1 heterocycles. The lowest BCUT2D eigenvalue weighted by atomic mass is 10.1. The van der Waals surface area contributed by atoms with Crippen LogP contribution in [0.2, 0.25) is 0 Å². The number of rotatable bonds is 5. The molecule has 0 amide bonds. The van der Waals surface area contributed by atoms with Gasteiger partial charge in [0.25, 0.3) is 0 Å². The molecule has 0 saturated heterocycles. The topological polar surface area (TPSA) is 38.2 Å². The molecular formula is C25H23N3O. The van der Waals surface area contributed by atoms with Crippen LogP contribution in [0.3, 0.4) is 0 Å². The molecule has 0 unspecified atom stereocenters. The first-order chi connectivity index (χ1) is 14.1. The average molecular weight is 381 g/mol. The van der Waals surface area contributed by atoms with E-state index in [-0.39, 0.29) is 0 Å². The number of hydrogen-bond donors (Lipinski definition) is 0. The highest BCUT2D eigenvalue weighted by atomic mass is 16.5. The lowest BCUT2D eigenvalue weighted by Gasteiger charge is -2.13. The lowest BCUT2D eigenvalue weighted by molar-refractivity contribution is 0.415. The van der Waals surface area contributed by atoms with E-state index in [4.69, 9.17) is 14.7 Å². The van der Waals surface area contributed by atoms with E-state index in [1.165, 1.54) is 0 Å². The summed E-state index contributed by atoms with van der Waals surface area (Å²) in [5.41, 5.74) is 6.01. The summed E-state index contributed by atoms with van der Waals surface area (Å²) in [7, 11) is 5.74. The summed E-state index contributed by atoms with van der Waals surface area (Å²) in [5.74, 6) is 1.54. The molecule has 0 N–H and O–H groups in total. The largest absolute Gasteiger partial charge is 0.497 e. The van der Waals surface area contributed by atoms with Crippen LogP contribution in [0.4, 0.5) is 5.69 Å². The van der Waals surface area contributed by atoms with Crippen LogP contribution in [0.5, 0.6) is 5.75 Å². The van der Waals surface area contributed by atoms with E-state index in [2.05, 4.69) is 29.2 Å². The number of methoxy groups -OCH3 is 1. The third kappa shape index (κ3) is 4.11. The predicted molar refractivity (Wildman–Crippen MR) is 119 cm³/mol. The van der Waals surface area contributed by atoms with Crippen molar-refractivity contribution in [3.05, 3.63) is 84.9 Å². The second kappa shape index (κ2) is 8.15. The normalized spacial score (nSPS) is 10.6. The zero-order valence-electron chi connectivity index (χ0n) is 16.8. The Bertz CT molecular complexity index is 1090. The smallest absolute Gasteiger partial charge is 0.160 e. The van der Waals surface area contributed by atoms with Crippen LogP contribution in [0.25, 0.3) is 33.9 Å². The van der Waals surface area contributed by atoms with Crippen molar-refractivity contribution in [2.45, 2.75) is 0 Å². The Balaban J connectivity index is 1.83. The summed E-state index contributed by atoms with van der Waals surface area (Å²) in [6.07, 6.45) is 0.